The zero-order valence-corrected chi connectivity index (χ0v) is 22.7. The van der Waals surface area contributed by atoms with Crippen molar-refractivity contribution >= 4 is 17.5 Å². The fourth-order valence-corrected chi connectivity index (χ4v) is 5.52. The number of nitrogens with zero attached hydrogens (tertiary/aromatic N) is 2. The second kappa shape index (κ2) is 11.8. The standard InChI is InChI=1S/C29H28F4N4O5/c1-15-8-10-36(17-7-9-34-13-17)28(40)25(15)37-14-20(23-21(30)11-19(41-2)12-22(23)31)24(27(37)39)35-26(38)16-3-5-18(6-4-16)42-29(32)33/h3-6,8,10-12,17,20,24,29,34H,7,9,13-14H2,1-2H3,(H,35,38)/t17?,20-,24-/m0/s1. The van der Waals surface area contributed by atoms with E-state index in [4.69, 9.17) is 4.74 Å². The van der Waals surface area contributed by atoms with Crippen LogP contribution in [0.3, 0.4) is 0 Å². The molecule has 2 saturated heterocycles. The number of hydrogen-bond donors (Lipinski definition) is 2. The molecular weight excluding hydrogens is 560 g/mol. The van der Waals surface area contributed by atoms with Crippen molar-refractivity contribution < 1.29 is 36.6 Å². The van der Waals surface area contributed by atoms with Gasteiger partial charge in [-0.2, -0.15) is 8.78 Å². The van der Waals surface area contributed by atoms with Crippen molar-refractivity contribution in [2.75, 3.05) is 31.6 Å². The van der Waals surface area contributed by atoms with Crippen LogP contribution in [0.1, 0.15) is 39.9 Å². The molecule has 3 aromatic rings. The lowest BCUT2D eigenvalue weighted by atomic mass is 9.92. The number of nitrogens with one attached hydrogen (secondary N) is 2. The molecule has 2 N–H and O–H groups in total. The van der Waals surface area contributed by atoms with Crippen LogP contribution in [-0.2, 0) is 4.79 Å². The van der Waals surface area contributed by atoms with Crippen molar-refractivity contribution in [1.82, 2.24) is 15.2 Å². The summed E-state index contributed by atoms with van der Waals surface area (Å²) in [7, 11) is 1.25. The molecule has 1 unspecified atom stereocenters. The van der Waals surface area contributed by atoms with Gasteiger partial charge in [0, 0.05) is 48.5 Å². The number of methoxy groups -OCH3 is 1. The Hall–Kier alpha value is -4.39. The van der Waals surface area contributed by atoms with Crippen LogP contribution in [0.2, 0.25) is 0 Å². The summed E-state index contributed by atoms with van der Waals surface area (Å²) in [5.41, 5.74) is -0.366. The maximum absolute atomic E-state index is 15.3. The molecule has 3 heterocycles. The predicted octanol–water partition coefficient (Wildman–Crippen LogP) is 3.51. The number of halogens is 4. The fourth-order valence-electron chi connectivity index (χ4n) is 5.52. The first-order valence-electron chi connectivity index (χ1n) is 13.2. The van der Waals surface area contributed by atoms with Crippen LogP contribution in [-0.4, -0.2) is 55.8 Å². The molecule has 2 aliphatic heterocycles. The summed E-state index contributed by atoms with van der Waals surface area (Å²) in [5, 5.41) is 5.73. The van der Waals surface area contributed by atoms with E-state index in [-0.39, 0.29) is 35.3 Å². The van der Waals surface area contributed by atoms with Crippen LogP contribution in [0.5, 0.6) is 11.5 Å². The van der Waals surface area contributed by atoms with E-state index in [0.717, 1.165) is 35.7 Å². The summed E-state index contributed by atoms with van der Waals surface area (Å²) < 4.78 is 66.4. The van der Waals surface area contributed by atoms with E-state index in [1.165, 1.54) is 23.8 Å². The Balaban J connectivity index is 1.53. The molecule has 222 valence electrons. The number of aryl methyl sites for hydroxylation is 1. The minimum atomic E-state index is -3.06. The lowest BCUT2D eigenvalue weighted by molar-refractivity contribution is -0.118. The van der Waals surface area contributed by atoms with Crippen molar-refractivity contribution in [3.05, 3.63) is 87.3 Å². The molecule has 9 nitrogen and oxygen atoms in total. The van der Waals surface area contributed by atoms with Crippen molar-refractivity contribution in [3.63, 3.8) is 0 Å². The summed E-state index contributed by atoms with van der Waals surface area (Å²) in [6, 6.07) is 6.77. The molecule has 42 heavy (non-hydrogen) atoms. The first kappa shape index (κ1) is 29.1. The number of rotatable bonds is 8. The number of ether oxygens (including phenoxy) is 2. The van der Waals surface area contributed by atoms with Gasteiger partial charge in [0.1, 0.15) is 34.9 Å². The largest absolute Gasteiger partial charge is 0.497 e. The quantitative estimate of drug-likeness (QED) is 0.391. The molecule has 5 rings (SSSR count). The molecule has 2 aliphatic rings. The van der Waals surface area contributed by atoms with Crippen molar-refractivity contribution in [1.29, 1.82) is 0 Å². The number of carbonyl (C=O) groups is 2. The normalized spacial score (nSPS) is 20.3. The first-order chi connectivity index (χ1) is 20.1. The Labute approximate surface area is 238 Å². The van der Waals surface area contributed by atoms with Crippen LogP contribution in [0.15, 0.2) is 53.5 Å². The van der Waals surface area contributed by atoms with Gasteiger partial charge in [-0.05, 0) is 55.8 Å². The maximum Gasteiger partial charge on any atom is 0.387 e. The topological polar surface area (TPSA) is 102 Å². The number of amides is 2. The summed E-state index contributed by atoms with van der Waals surface area (Å²) in [5.74, 6) is -4.99. The van der Waals surface area contributed by atoms with Gasteiger partial charge in [0.25, 0.3) is 11.5 Å². The molecule has 13 heteroatoms. The molecule has 3 atom stereocenters. The fraction of sp³-hybridized carbons (Fsp3) is 0.345. The summed E-state index contributed by atoms with van der Waals surface area (Å²) in [4.78, 5) is 41.9. The molecular formula is C29H28F4N4O5. The number of aromatic nitrogens is 1. The predicted molar refractivity (Wildman–Crippen MR) is 144 cm³/mol. The molecule has 0 aliphatic carbocycles. The van der Waals surface area contributed by atoms with Gasteiger partial charge in [0.15, 0.2) is 0 Å². The minimum absolute atomic E-state index is 0.00993. The van der Waals surface area contributed by atoms with Crippen LogP contribution in [0, 0.1) is 18.6 Å². The minimum Gasteiger partial charge on any atom is -0.497 e. The lowest BCUT2D eigenvalue weighted by Gasteiger charge is -2.22. The molecule has 0 saturated carbocycles. The van der Waals surface area contributed by atoms with Crippen LogP contribution in [0.25, 0.3) is 0 Å². The Morgan fingerprint density at radius 1 is 1.07 bits per heavy atom. The Morgan fingerprint density at radius 2 is 1.76 bits per heavy atom. The van der Waals surface area contributed by atoms with E-state index in [1.54, 1.807) is 19.2 Å². The zero-order valence-electron chi connectivity index (χ0n) is 22.7. The highest BCUT2D eigenvalue weighted by Crippen LogP contribution is 2.37. The molecule has 2 amide bonds. The van der Waals surface area contributed by atoms with Crippen LogP contribution < -0.4 is 30.6 Å². The van der Waals surface area contributed by atoms with Gasteiger partial charge in [0.05, 0.1) is 13.2 Å². The van der Waals surface area contributed by atoms with Gasteiger partial charge in [-0.15, -0.1) is 0 Å². The third kappa shape index (κ3) is 5.56. The maximum atomic E-state index is 15.3. The third-order valence-electron chi connectivity index (χ3n) is 7.59. The van der Waals surface area contributed by atoms with E-state index >= 15 is 8.78 Å². The van der Waals surface area contributed by atoms with Gasteiger partial charge >= 0.3 is 6.61 Å². The summed E-state index contributed by atoms with van der Waals surface area (Å²) in [6.07, 6.45) is 2.36. The number of alkyl halides is 2. The van der Waals surface area contributed by atoms with Gasteiger partial charge in [-0.25, -0.2) is 8.78 Å². The van der Waals surface area contributed by atoms with E-state index in [1.807, 2.05) is 0 Å². The molecule has 0 spiro atoms. The number of hydrogen-bond acceptors (Lipinski definition) is 6. The SMILES string of the molecule is COc1cc(F)c([C@@H]2CN(c3c(C)ccn(C4CCNC4)c3=O)C(=O)[C@H]2NC(=O)c2ccc(OC(F)F)cc2)c(F)c1. The zero-order chi connectivity index (χ0) is 30.1. The third-order valence-corrected chi connectivity index (χ3v) is 7.59. The van der Waals surface area contributed by atoms with Gasteiger partial charge in [-0.3, -0.25) is 14.4 Å². The average molecular weight is 589 g/mol. The van der Waals surface area contributed by atoms with Gasteiger partial charge < -0.3 is 29.6 Å². The van der Waals surface area contributed by atoms with Crippen molar-refractivity contribution in [2.45, 2.75) is 38.0 Å². The second-order valence-corrected chi connectivity index (χ2v) is 10.1. The highest BCUT2D eigenvalue weighted by Gasteiger charge is 2.46. The monoisotopic (exact) mass is 588 g/mol. The number of anilines is 1. The summed E-state index contributed by atoms with van der Waals surface area (Å²) in [6.45, 7) is -0.405. The Morgan fingerprint density at radius 3 is 2.36 bits per heavy atom. The van der Waals surface area contributed by atoms with Crippen LogP contribution in [0.4, 0.5) is 23.2 Å². The second-order valence-electron chi connectivity index (χ2n) is 10.1. The van der Waals surface area contributed by atoms with E-state index in [9.17, 15) is 23.2 Å². The van der Waals surface area contributed by atoms with E-state index in [0.29, 0.717) is 18.5 Å². The van der Waals surface area contributed by atoms with Gasteiger partial charge in [-0.1, -0.05) is 0 Å². The molecule has 0 radical (unpaired) electrons. The highest BCUT2D eigenvalue weighted by molar-refractivity contribution is 6.05. The lowest BCUT2D eigenvalue weighted by Crippen LogP contribution is -2.45. The average Bonchev–Trinajstić information content (AvgIpc) is 3.58. The molecule has 2 aromatic carbocycles. The first-order valence-corrected chi connectivity index (χ1v) is 13.2. The Kier molecular flexibility index (Phi) is 8.21. The van der Waals surface area contributed by atoms with Crippen molar-refractivity contribution in [2.24, 2.45) is 0 Å². The number of benzene rings is 2. The molecule has 1 aromatic heterocycles. The summed E-state index contributed by atoms with van der Waals surface area (Å²) >= 11 is 0. The number of carbonyl (C=O) groups excluding carboxylic acids is 2. The van der Waals surface area contributed by atoms with E-state index in [2.05, 4.69) is 15.4 Å². The van der Waals surface area contributed by atoms with Crippen molar-refractivity contribution in [3.8, 4) is 11.5 Å². The number of pyridine rings is 1. The molecule has 2 fully saturated rings. The smallest absolute Gasteiger partial charge is 0.387 e. The van der Waals surface area contributed by atoms with Gasteiger partial charge in [0.2, 0.25) is 5.91 Å². The highest BCUT2D eigenvalue weighted by atomic mass is 19.3. The van der Waals surface area contributed by atoms with Crippen LogP contribution >= 0.6 is 0 Å². The Bertz CT molecular complexity index is 1530. The van der Waals surface area contributed by atoms with E-state index < -0.39 is 53.1 Å². The molecule has 0 bridgehead atoms.